The van der Waals surface area contributed by atoms with Gasteiger partial charge < -0.3 is 10.1 Å². The van der Waals surface area contributed by atoms with Gasteiger partial charge in [-0.2, -0.15) is 0 Å². The lowest BCUT2D eigenvalue weighted by Gasteiger charge is -2.24. The molecule has 0 atom stereocenters. The monoisotopic (exact) mass is 295 g/mol. The van der Waals surface area contributed by atoms with E-state index in [1.165, 1.54) is 37.7 Å². The van der Waals surface area contributed by atoms with E-state index in [1.807, 2.05) is 12.1 Å². The number of hydrogen-bond donors (Lipinski definition) is 1. The predicted molar refractivity (Wildman–Crippen MR) is 85.9 cm³/mol. The van der Waals surface area contributed by atoms with Crippen LogP contribution < -0.4 is 10.1 Å². The Bertz CT molecular complexity index is 402. The Kier molecular flexibility index (Phi) is 6.68. The summed E-state index contributed by atoms with van der Waals surface area (Å²) in [5.74, 6) is 1.67. The second kappa shape index (κ2) is 8.53. The van der Waals surface area contributed by atoms with Crippen LogP contribution in [0.25, 0.3) is 0 Å². The quantitative estimate of drug-likeness (QED) is 0.732. The van der Waals surface area contributed by atoms with Crippen molar-refractivity contribution in [2.24, 2.45) is 0 Å². The van der Waals surface area contributed by atoms with Crippen LogP contribution in [0.2, 0.25) is 5.02 Å². The summed E-state index contributed by atoms with van der Waals surface area (Å²) in [6.07, 6.45) is 7.62. The molecule has 0 radical (unpaired) electrons. The van der Waals surface area contributed by atoms with Crippen molar-refractivity contribution in [1.82, 2.24) is 5.32 Å². The summed E-state index contributed by atoms with van der Waals surface area (Å²) >= 11 is 6.17. The van der Waals surface area contributed by atoms with E-state index in [2.05, 4.69) is 18.3 Å². The van der Waals surface area contributed by atoms with Crippen molar-refractivity contribution in [2.75, 3.05) is 19.7 Å². The Balaban J connectivity index is 1.96. The van der Waals surface area contributed by atoms with E-state index >= 15 is 0 Å². The van der Waals surface area contributed by atoms with Gasteiger partial charge in [0.2, 0.25) is 0 Å². The highest BCUT2D eigenvalue weighted by Crippen LogP contribution is 2.38. The number of nitrogens with one attached hydrogen (secondary N) is 1. The molecule has 0 amide bonds. The SMILES string of the molecule is CCNCCCOc1ccc(Cl)cc1C1CCCCC1. The van der Waals surface area contributed by atoms with Crippen LogP contribution in [-0.4, -0.2) is 19.7 Å². The molecular weight excluding hydrogens is 270 g/mol. The third kappa shape index (κ3) is 4.68. The Morgan fingerprint density at radius 2 is 2.05 bits per heavy atom. The van der Waals surface area contributed by atoms with E-state index < -0.39 is 0 Å². The molecule has 1 N–H and O–H groups in total. The molecule has 0 saturated heterocycles. The molecule has 3 heteroatoms. The fourth-order valence-corrected chi connectivity index (χ4v) is 3.12. The Labute approximate surface area is 127 Å². The molecule has 1 saturated carbocycles. The second-order valence-electron chi connectivity index (χ2n) is 5.57. The van der Waals surface area contributed by atoms with Gasteiger partial charge in [0.25, 0.3) is 0 Å². The van der Waals surface area contributed by atoms with Gasteiger partial charge in [-0.1, -0.05) is 37.8 Å². The normalized spacial score (nSPS) is 16.3. The van der Waals surface area contributed by atoms with Crippen molar-refractivity contribution in [1.29, 1.82) is 0 Å². The molecular formula is C17H26ClNO. The molecule has 1 aliphatic rings. The molecule has 0 unspecified atom stereocenters. The highest BCUT2D eigenvalue weighted by atomic mass is 35.5. The van der Waals surface area contributed by atoms with Gasteiger partial charge in [-0.05, 0) is 62.0 Å². The summed E-state index contributed by atoms with van der Waals surface area (Å²) in [4.78, 5) is 0. The zero-order chi connectivity index (χ0) is 14.2. The van der Waals surface area contributed by atoms with E-state index in [9.17, 15) is 0 Å². The Hall–Kier alpha value is -0.730. The second-order valence-corrected chi connectivity index (χ2v) is 6.01. The molecule has 1 aromatic rings. The first kappa shape index (κ1) is 15.7. The molecule has 1 aromatic carbocycles. The molecule has 1 fully saturated rings. The molecule has 2 rings (SSSR count). The summed E-state index contributed by atoms with van der Waals surface area (Å²) in [5.41, 5.74) is 1.32. The molecule has 0 aliphatic heterocycles. The number of halogens is 1. The van der Waals surface area contributed by atoms with Gasteiger partial charge >= 0.3 is 0 Å². The minimum Gasteiger partial charge on any atom is -0.493 e. The van der Waals surface area contributed by atoms with Crippen LogP contribution in [0.15, 0.2) is 18.2 Å². The lowest BCUT2D eigenvalue weighted by molar-refractivity contribution is 0.300. The summed E-state index contributed by atoms with van der Waals surface area (Å²) in [7, 11) is 0. The minimum absolute atomic E-state index is 0.631. The van der Waals surface area contributed by atoms with E-state index in [0.29, 0.717) is 5.92 Å². The van der Waals surface area contributed by atoms with Gasteiger partial charge in [-0.3, -0.25) is 0 Å². The number of ether oxygens (including phenoxy) is 1. The van der Waals surface area contributed by atoms with Crippen molar-refractivity contribution in [2.45, 2.75) is 51.4 Å². The summed E-state index contributed by atoms with van der Waals surface area (Å²) < 4.78 is 5.99. The first-order valence-electron chi connectivity index (χ1n) is 7.94. The van der Waals surface area contributed by atoms with Gasteiger partial charge in [0.1, 0.15) is 5.75 Å². The predicted octanol–water partition coefficient (Wildman–Crippen LogP) is 4.77. The molecule has 0 spiro atoms. The van der Waals surface area contributed by atoms with Crippen LogP contribution in [0, 0.1) is 0 Å². The van der Waals surface area contributed by atoms with Crippen LogP contribution in [0.4, 0.5) is 0 Å². The highest BCUT2D eigenvalue weighted by molar-refractivity contribution is 6.30. The van der Waals surface area contributed by atoms with Crippen molar-refractivity contribution in [3.8, 4) is 5.75 Å². The Morgan fingerprint density at radius 3 is 2.80 bits per heavy atom. The molecule has 20 heavy (non-hydrogen) atoms. The number of hydrogen-bond acceptors (Lipinski definition) is 2. The fraction of sp³-hybridized carbons (Fsp3) is 0.647. The topological polar surface area (TPSA) is 21.3 Å². The summed E-state index contributed by atoms with van der Waals surface area (Å²) in [6, 6.07) is 6.09. The maximum absolute atomic E-state index is 6.17. The van der Waals surface area contributed by atoms with Gasteiger partial charge in [-0.15, -0.1) is 0 Å². The van der Waals surface area contributed by atoms with E-state index in [4.69, 9.17) is 16.3 Å². The molecule has 1 aliphatic carbocycles. The Morgan fingerprint density at radius 1 is 1.25 bits per heavy atom. The van der Waals surface area contributed by atoms with Crippen LogP contribution in [0.5, 0.6) is 5.75 Å². The first-order chi connectivity index (χ1) is 9.81. The fourth-order valence-electron chi connectivity index (χ4n) is 2.94. The number of benzene rings is 1. The van der Waals surface area contributed by atoms with Crippen LogP contribution in [0.1, 0.15) is 56.9 Å². The van der Waals surface area contributed by atoms with Crippen molar-refractivity contribution in [3.63, 3.8) is 0 Å². The van der Waals surface area contributed by atoms with Gasteiger partial charge in [0.15, 0.2) is 0 Å². The zero-order valence-electron chi connectivity index (χ0n) is 12.5. The lowest BCUT2D eigenvalue weighted by Crippen LogP contribution is -2.17. The van der Waals surface area contributed by atoms with Crippen molar-refractivity contribution >= 4 is 11.6 Å². The zero-order valence-corrected chi connectivity index (χ0v) is 13.2. The maximum atomic E-state index is 6.17. The van der Waals surface area contributed by atoms with Gasteiger partial charge in [-0.25, -0.2) is 0 Å². The average molecular weight is 296 g/mol. The van der Waals surface area contributed by atoms with E-state index in [-0.39, 0.29) is 0 Å². The first-order valence-corrected chi connectivity index (χ1v) is 8.32. The minimum atomic E-state index is 0.631. The van der Waals surface area contributed by atoms with Crippen molar-refractivity contribution in [3.05, 3.63) is 28.8 Å². The molecule has 0 bridgehead atoms. The van der Waals surface area contributed by atoms with Gasteiger partial charge in [0.05, 0.1) is 6.61 Å². The number of rotatable bonds is 7. The smallest absolute Gasteiger partial charge is 0.122 e. The summed E-state index contributed by atoms with van der Waals surface area (Å²) in [6.45, 7) is 4.94. The largest absolute Gasteiger partial charge is 0.493 e. The van der Waals surface area contributed by atoms with Crippen molar-refractivity contribution < 1.29 is 4.74 Å². The molecule has 0 aromatic heterocycles. The molecule has 2 nitrogen and oxygen atoms in total. The average Bonchev–Trinajstić information content (AvgIpc) is 2.49. The summed E-state index contributed by atoms with van der Waals surface area (Å²) in [5, 5.41) is 4.15. The van der Waals surface area contributed by atoms with Crippen LogP contribution >= 0.6 is 11.6 Å². The van der Waals surface area contributed by atoms with Crippen LogP contribution in [0.3, 0.4) is 0 Å². The van der Waals surface area contributed by atoms with E-state index in [0.717, 1.165) is 36.9 Å². The lowest BCUT2D eigenvalue weighted by atomic mass is 9.84. The third-order valence-corrected chi connectivity index (χ3v) is 4.26. The molecule has 0 heterocycles. The standard InChI is InChI=1S/C17H26ClNO/c1-2-19-11-6-12-20-17-10-9-15(18)13-16(17)14-7-4-3-5-8-14/h9-10,13-14,19H,2-8,11-12H2,1H3. The van der Waals surface area contributed by atoms with E-state index in [1.54, 1.807) is 0 Å². The van der Waals surface area contributed by atoms with Crippen LogP contribution in [-0.2, 0) is 0 Å². The highest BCUT2D eigenvalue weighted by Gasteiger charge is 2.19. The van der Waals surface area contributed by atoms with Gasteiger partial charge in [0, 0.05) is 5.02 Å². The molecule has 112 valence electrons. The third-order valence-electron chi connectivity index (χ3n) is 4.02. The maximum Gasteiger partial charge on any atom is 0.122 e.